The van der Waals surface area contributed by atoms with Crippen LogP contribution in [-0.2, 0) is 9.59 Å². The molecule has 2 heterocycles. The molecule has 7 nitrogen and oxygen atoms in total. The third-order valence-electron chi connectivity index (χ3n) is 4.53. The zero-order chi connectivity index (χ0) is 21.7. The number of carboxylic acid groups (broad SMARTS) is 2. The van der Waals surface area contributed by atoms with Gasteiger partial charge in [-0.15, -0.1) is 0 Å². The summed E-state index contributed by atoms with van der Waals surface area (Å²) in [5, 5.41) is 17.5. The van der Waals surface area contributed by atoms with Gasteiger partial charge in [-0.2, -0.15) is 0 Å². The largest absolute Gasteiger partial charge is 0.539 e. The molecule has 3 aromatic rings. The van der Waals surface area contributed by atoms with Gasteiger partial charge in [0.25, 0.3) is 0 Å². The molecule has 0 spiro atoms. The number of anilines is 2. The van der Waals surface area contributed by atoms with Gasteiger partial charge < -0.3 is 24.8 Å². The summed E-state index contributed by atoms with van der Waals surface area (Å²) >= 11 is 1.83. The molecule has 1 aliphatic heterocycles. The van der Waals surface area contributed by atoms with E-state index in [4.69, 9.17) is 24.8 Å². The van der Waals surface area contributed by atoms with Crippen LogP contribution in [0.25, 0.3) is 10.9 Å². The quantitative estimate of drug-likeness (QED) is 0.606. The molecule has 1 aliphatic rings. The summed E-state index contributed by atoms with van der Waals surface area (Å²) in [4.78, 5) is 29.5. The number of para-hydroxylation sites is 2. The Morgan fingerprint density at radius 2 is 1.77 bits per heavy atom. The second-order valence-electron chi connectivity index (χ2n) is 7.13. The number of rotatable bonds is 4. The fourth-order valence-electron chi connectivity index (χ4n) is 3.17. The van der Waals surface area contributed by atoms with Crippen molar-refractivity contribution in [1.29, 1.82) is 0 Å². The van der Waals surface area contributed by atoms with E-state index in [2.05, 4.69) is 73.6 Å². The van der Waals surface area contributed by atoms with Crippen LogP contribution in [0.15, 0.2) is 64.4 Å². The highest BCUT2D eigenvalue weighted by atomic mass is 32.2. The molecule has 8 heteroatoms. The lowest BCUT2D eigenvalue weighted by Crippen LogP contribution is -3.05. The van der Waals surface area contributed by atoms with Gasteiger partial charge >= 0.3 is 5.97 Å². The third kappa shape index (κ3) is 5.08. The molecule has 30 heavy (non-hydrogen) atoms. The van der Waals surface area contributed by atoms with Gasteiger partial charge in [0.1, 0.15) is 5.82 Å². The lowest BCUT2D eigenvalue weighted by Gasteiger charge is -2.32. The number of pyridine rings is 1. The van der Waals surface area contributed by atoms with Crippen LogP contribution in [0, 0.1) is 0 Å². The number of benzene rings is 2. The minimum absolute atomic E-state index is 1.00. The Morgan fingerprint density at radius 1 is 1.10 bits per heavy atom. The maximum absolute atomic E-state index is 9.04. The Morgan fingerprint density at radius 3 is 2.47 bits per heavy atom. The molecule has 2 N–H and O–H groups in total. The van der Waals surface area contributed by atoms with Crippen LogP contribution >= 0.6 is 11.8 Å². The van der Waals surface area contributed by atoms with Crippen LogP contribution in [0.2, 0.25) is 0 Å². The monoisotopic (exact) mass is 425 g/mol. The number of quaternary nitrogens is 1. The molecular formula is C22H23N3O4S. The summed E-state index contributed by atoms with van der Waals surface area (Å²) in [6, 6.07) is 19.3. The highest BCUT2D eigenvalue weighted by molar-refractivity contribution is 7.99. The van der Waals surface area contributed by atoms with Crippen LogP contribution in [0.5, 0.6) is 0 Å². The fourth-order valence-corrected chi connectivity index (χ4v) is 4.27. The predicted octanol–water partition coefficient (Wildman–Crippen LogP) is 1.19. The molecule has 156 valence electrons. The van der Waals surface area contributed by atoms with Crippen molar-refractivity contribution in [2.45, 2.75) is 16.2 Å². The maximum atomic E-state index is 9.04. The van der Waals surface area contributed by atoms with Crippen LogP contribution in [0.3, 0.4) is 0 Å². The maximum Gasteiger partial charge on any atom is 0.351 e. The second kappa shape index (κ2) is 9.60. The van der Waals surface area contributed by atoms with Crippen LogP contribution < -0.4 is 14.9 Å². The van der Waals surface area contributed by atoms with E-state index in [-0.39, 0.29) is 0 Å². The Balaban J connectivity index is 0.000000377. The number of aliphatic carboxylic acids is 2. The first-order chi connectivity index (χ1) is 14.4. The number of nitrogens with one attached hydrogen (secondary N) is 1. The van der Waals surface area contributed by atoms with E-state index < -0.39 is 11.9 Å². The molecule has 0 fully saturated rings. The van der Waals surface area contributed by atoms with Crippen molar-refractivity contribution in [3.8, 4) is 0 Å². The van der Waals surface area contributed by atoms with Crippen molar-refractivity contribution >= 4 is 46.1 Å². The molecule has 0 saturated carbocycles. The van der Waals surface area contributed by atoms with Crippen molar-refractivity contribution in [2.75, 3.05) is 32.1 Å². The fraction of sp³-hybridized carbons (Fsp3) is 0.227. The molecule has 0 aliphatic carbocycles. The van der Waals surface area contributed by atoms with Gasteiger partial charge in [0, 0.05) is 23.2 Å². The van der Waals surface area contributed by atoms with E-state index in [0.717, 1.165) is 30.8 Å². The van der Waals surface area contributed by atoms with Crippen molar-refractivity contribution in [3.05, 3.63) is 54.6 Å². The summed E-state index contributed by atoms with van der Waals surface area (Å²) in [6.07, 6.45) is 1.15. The van der Waals surface area contributed by atoms with E-state index in [1.54, 1.807) is 0 Å². The van der Waals surface area contributed by atoms with E-state index in [1.165, 1.54) is 25.8 Å². The van der Waals surface area contributed by atoms with Crippen molar-refractivity contribution < 1.29 is 24.7 Å². The van der Waals surface area contributed by atoms with Crippen LogP contribution in [0.4, 0.5) is 11.5 Å². The Kier molecular flexibility index (Phi) is 6.91. The number of fused-ring (bicyclic) bond motifs is 3. The molecule has 0 saturated heterocycles. The average Bonchev–Trinajstić information content (AvgIpc) is 2.72. The van der Waals surface area contributed by atoms with Gasteiger partial charge in [0.15, 0.2) is 5.97 Å². The van der Waals surface area contributed by atoms with Crippen LogP contribution in [-0.4, -0.2) is 49.2 Å². The van der Waals surface area contributed by atoms with Gasteiger partial charge in [0.2, 0.25) is 0 Å². The second-order valence-corrected chi connectivity index (χ2v) is 8.21. The number of carbonyl (C=O) groups is 2. The number of aromatic nitrogens is 1. The minimum Gasteiger partial charge on any atom is -0.539 e. The highest BCUT2D eigenvalue weighted by Crippen LogP contribution is 2.47. The van der Waals surface area contributed by atoms with E-state index in [1.807, 2.05) is 11.8 Å². The molecule has 2 aromatic carbocycles. The molecule has 0 atom stereocenters. The first kappa shape index (κ1) is 21.6. The van der Waals surface area contributed by atoms with Gasteiger partial charge in [0.05, 0.1) is 36.7 Å². The lowest BCUT2D eigenvalue weighted by atomic mass is 10.2. The van der Waals surface area contributed by atoms with E-state index >= 15 is 0 Å². The smallest absolute Gasteiger partial charge is 0.351 e. The first-order valence-electron chi connectivity index (χ1n) is 9.54. The number of hydrogen-bond acceptors (Lipinski definition) is 6. The van der Waals surface area contributed by atoms with Crippen molar-refractivity contribution in [2.24, 2.45) is 0 Å². The van der Waals surface area contributed by atoms with Crippen LogP contribution in [0.1, 0.15) is 6.42 Å². The number of hydrogen-bond donors (Lipinski definition) is 2. The zero-order valence-corrected chi connectivity index (χ0v) is 17.6. The number of carbonyl (C=O) groups excluding carboxylic acids is 1. The molecule has 0 radical (unpaired) electrons. The molecule has 0 bridgehead atoms. The van der Waals surface area contributed by atoms with Gasteiger partial charge in [-0.25, -0.2) is 9.78 Å². The van der Waals surface area contributed by atoms with Crippen molar-refractivity contribution in [1.82, 2.24) is 4.98 Å². The molecule has 0 unspecified atom stereocenters. The summed E-state index contributed by atoms with van der Waals surface area (Å²) in [5.41, 5.74) is 2.35. The molecule has 1 aromatic heterocycles. The van der Waals surface area contributed by atoms with Gasteiger partial charge in [-0.3, -0.25) is 0 Å². The summed E-state index contributed by atoms with van der Waals surface area (Å²) in [7, 11) is 4.42. The molecule has 0 amide bonds. The first-order valence-corrected chi connectivity index (χ1v) is 10.4. The third-order valence-corrected chi connectivity index (χ3v) is 5.62. The van der Waals surface area contributed by atoms with Gasteiger partial charge in [-0.1, -0.05) is 42.1 Å². The van der Waals surface area contributed by atoms with E-state index in [9.17, 15) is 0 Å². The van der Waals surface area contributed by atoms with Crippen molar-refractivity contribution in [3.63, 3.8) is 0 Å². The molecule has 4 rings (SSSR count). The summed E-state index contributed by atoms with van der Waals surface area (Å²) in [5.74, 6) is -2.91. The Bertz CT molecular complexity index is 1060. The molecular weight excluding hydrogens is 402 g/mol. The topological polar surface area (TPSA) is 98.0 Å². The Labute approximate surface area is 178 Å². The number of carboxylic acids is 2. The minimum atomic E-state index is -2.07. The average molecular weight is 426 g/mol. The van der Waals surface area contributed by atoms with E-state index in [0.29, 0.717) is 0 Å². The lowest BCUT2D eigenvalue weighted by molar-refractivity contribution is -0.858. The number of nitrogens with zero attached hydrogens (tertiary/aromatic N) is 2. The SMILES string of the molecule is C[NH+](C)CCCN1c2ccccc2Sc2cc3ccccc3nc21.O=C([O-])C(=O)O. The Hall–Kier alpha value is -3.10. The predicted molar refractivity (Wildman–Crippen MR) is 114 cm³/mol. The standard InChI is InChI=1S/C20H21N3S.C2H2O4/c1-22(2)12-7-13-23-17-10-5-6-11-18(17)24-19-14-15-8-3-4-9-16(15)21-20(19)23;3-1(4)2(5)6/h3-6,8-11,14H,7,12-13H2,1-2H3;(H,3,4)(H,5,6). The summed E-state index contributed by atoms with van der Waals surface area (Å²) < 4.78 is 0. The summed E-state index contributed by atoms with van der Waals surface area (Å²) in [6.45, 7) is 2.16. The highest BCUT2D eigenvalue weighted by Gasteiger charge is 2.24. The zero-order valence-electron chi connectivity index (χ0n) is 16.8. The van der Waals surface area contributed by atoms with Gasteiger partial charge in [-0.05, 0) is 24.3 Å². The normalized spacial score (nSPS) is 12.0.